The van der Waals surface area contributed by atoms with Gasteiger partial charge in [-0.2, -0.15) is 9.52 Å². The van der Waals surface area contributed by atoms with Gasteiger partial charge in [0.25, 0.3) is 10.0 Å². The zero-order valence-electron chi connectivity index (χ0n) is 16.7. The van der Waals surface area contributed by atoms with Crippen LogP contribution in [0.4, 0.5) is 5.69 Å². The summed E-state index contributed by atoms with van der Waals surface area (Å²) in [6, 6.07) is 17.6. The zero-order valence-corrected chi connectivity index (χ0v) is 18.3. The molecule has 1 aliphatic rings. The van der Waals surface area contributed by atoms with Crippen LogP contribution >= 0.6 is 0 Å². The second-order valence-corrected chi connectivity index (χ2v) is 10.7. The third kappa shape index (κ3) is 4.21. The Kier molecular flexibility index (Phi) is 5.59. The predicted molar refractivity (Wildman–Crippen MR) is 118 cm³/mol. The summed E-state index contributed by atoms with van der Waals surface area (Å²) >= 11 is 0. The van der Waals surface area contributed by atoms with Crippen LogP contribution in [0.25, 0.3) is 0 Å². The quantitative estimate of drug-likeness (QED) is 0.581. The van der Waals surface area contributed by atoms with E-state index in [1.165, 1.54) is 18.4 Å². The van der Waals surface area contributed by atoms with Crippen molar-refractivity contribution in [2.45, 2.75) is 24.3 Å². The Morgan fingerprint density at radius 3 is 2.39 bits per heavy atom. The predicted octanol–water partition coefficient (Wildman–Crippen LogP) is 3.58. The van der Waals surface area contributed by atoms with Gasteiger partial charge in [0, 0.05) is 12.0 Å². The van der Waals surface area contributed by atoms with Gasteiger partial charge in [-0.05, 0) is 37.3 Å². The molecule has 4 rings (SSSR count). The number of hydrogen-bond donors (Lipinski definition) is 1. The normalized spacial score (nSPS) is 16.9. The Hall–Kier alpha value is -3.11. The highest BCUT2D eigenvalue weighted by Gasteiger charge is 2.38. The van der Waals surface area contributed by atoms with Crippen LogP contribution in [0, 0.1) is 0 Å². The second kappa shape index (κ2) is 8.20. The minimum atomic E-state index is -3.82. The van der Waals surface area contributed by atoms with Crippen molar-refractivity contribution in [3.8, 4) is 0 Å². The van der Waals surface area contributed by atoms with Gasteiger partial charge in [-0.15, -0.1) is 0 Å². The first-order valence-corrected chi connectivity index (χ1v) is 12.7. The molecule has 0 aliphatic carbocycles. The van der Waals surface area contributed by atoms with Crippen LogP contribution in [0.2, 0.25) is 0 Å². The van der Waals surface area contributed by atoms with Gasteiger partial charge >= 0.3 is 0 Å². The number of rotatable bonds is 7. The highest BCUT2D eigenvalue weighted by molar-refractivity contribution is 7.92. The molecule has 31 heavy (non-hydrogen) atoms. The van der Waals surface area contributed by atoms with Gasteiger partial charge in [0.05, 0.1) is 28.3 Å². The first-order chi connectivity index (χ1) is 14.8. The number of furan rings is 1. The van der Waals surface area contributed by atoms with Crippen molar-refractivity contribution in [3.63, 3.8) is 0 Å². The molecule has 1 N–H and O–H groups in total. The highest BCUT2D eigenvalue weighted by Crippen LogP contribution is 2.37. The fourth-order valence-corrected chi connectivity index (χ4v) is 5.51. The van der Waals surface area contributed by atoms with E-state index in [1.54, 1.807) is 61.5 Å². The summed E-state index contributed by atoms with van der Waals surface area (Å²) in [5.41, 5.74) is 1.27. The van der Waals surface area contributed by atoms with Crippen molar-refractivity contribution in [1.82, 2.24) is 4.41 Å². The van der Waals surface area contributed by atoms with Crippen molar-refractivity contribution >= 4 is 31.4 Å². The van der Waals surface area contributed by atoms with E-state index in [-0.39, 0.29) is 17.1 Å². The van der Waals surface area contributed by atoms with Gasteiger partial charge < -0.3 is 4.42 Å². The molecule has 0 bridgehead atoms. The second-order valence-electron chi connectivity index (χ2n) is 6.92. The molecule has 2 heterocycles. The lowest BCUT2D eigenvalue weighted by Gasteiger charge is -2.20. The Morgan fingerprint density at radius 2 is 1.71 bits per heavy atom. The van der Waals surface area contributed by atoms with Crippen molar-refractivity contribution in [2.75, 3.05) is 10.5 Å². The Bertz CT molecular complexity index is 1300. The average Bonchev–Trinajstić information content (AvgIpc) is 3.45. The number of benzene rings is 2. The number of nitrogens with zero attached hydrogens (tertiary/aromatic N) is 2. The summed E-state index contributed by atoms with van der Waals surface area (Å²) in [4.78, 5) is 0.127. The average molecular weight is 460 g/mol. The molecule has 0 spiro atoms. The van der Waals surface area contributed by atoms with E-state index in [4.69, 9.17) is 4.42 Å². The van der Waals surface area contributed by atoms with E-state index in [2.05, 4.69) is 9.82 Å². The van der Waals surface area contributed by atoms with Crippen LogP contribution in [-0.2, 0) is 20.0 Å². The zero-order chi connectivity index (χ0) is 22.1. The van der Waals surface area contributed by atoms with Gasteiger partial charge in [-0.1, -0.05) is 36.4 Å². The summed E-state index contributed by atoms with van der Waals surface area (Å²) in [7, 11) is -7.48. The number of hydrazone groups is 1. The van der Waals surface area contributed by atoms with Crippen molar-refractivity contribution in [1.29, 1.82) is 0 Å². The molecule has 0 saturated carbocycles. The molecule has 10 heteroatoms. The van der Waals surface area contributed by atoms with Gasteiger partial charge in [-0.25, -0.2) is 16.8 Å². The molecule has 8 nitrogen and oxygen atoms in total. The van der Waals surface area contributed by atoms with Crippen LogP contribution in [-0.4, -0.2) is 32.7 Å². The van der Waals surface area contributed by atoms with Crippen LogP contribution in [0.15, 0.2) is 87.4 Å². The highest BCUT2D eigenvalue weighted by atomic mass is 32.2. The lowest BCUT2D eigenvalue weighted by atomic mass is 10.0. The first-order valence-electron chi connectivity index (χ1n) is 9.62. The Labute approximate surface area is 181 Å². The molecular weight excluding hydrogens is 438 g/mol. The van der Waals surface area contributed by atoms with Crippen LogP contribution in [0.1, 0.15) is 30.7 Å². The minimum Gasteiger partial charge on any atom is -0.467 e. The lowest BCUT2D eigenvalue weighted by Crippen LogP contribution is -2.28. The number of hydrogen-bond acceptors (Lipinski definition) is 6. The minimum absolute atomic E-state index is 0.122. The summed E-state index contributed by atoms with van der Waals surface area (Å²) in [5, 5.41) is 4.37. The molecular formula is C21H21N3O5S2. The molecule has 162 valence electrons. The standard InChI is InChI=1S/C21H21N3O5S2/c1-2-30(25,26)24-20(21-13-8-14-29-21)15-19(22-24)17-11-6-7-12-18(17)23-31(27,28)16-9-4-3-5-10-16/h3-14,20,23H,2,15H2,1H3. The van der Waals surface area contributed by atoms with Gasteiger partial charge in [-0.3, -0.25) is 4.72 Å². The number of nitrogens with one attached hydrogen (secondary N) is 1. The maximum Gasteiger partial charge on any atom is 0.261 e. The van der Waals surface area contributed by atoms with E-state index in [0.29, 0.717) is 22.7 Å². The van der Waals surface area contributed by atoms with Crippen molar-refractivity contribution < 1.29 is 21.3 Å². The maximum atomic E-state index is 12.8. The molecule has 3 aromatic rings. The monoisotopic (exact) mass is 459 g/mol. The molecule has 2 aromatic carbocycles. The van der Waals surface area contributed by atoms with E-state index < -0.39 is 26.1 Å². The molecule has 1 aliphatic heterocycles. The van der Waals surface area contributed by atoms with Crippen molar-refractivity contribution in [2.24, 2.45) is 5.10 Å². The summed E-state index contributed by atoms with van der Waals surface area (Å²) in [6.07, 6.45) is 1.73. The maximum absolute atomic E-state index is 12.8. The van der Waals surface area contributed by atoms with Crippen LogP contribution in [0.5, 0.6) is 0 Å². The molecule has 1 aromatic heterocycles. The third-order valence-corrected chi connectivity index (χ3v) is 7.95. The fourth-order valence-electron chi connectivity index (χ4n) is 3.36. The van der Waals surface area contributed by atoms with E-state index in [0.717, 1.165) is 4.41 Å². The van der Waals surface area contributed by atoms with Crippen LogP contribution in [0.3, 0.4) is 0 Å². The fraction of sp³-hybridized carbons (Fsp3) is 0.190. The van der Waals surface area contributed by atoms with E-state index in [1.807, 2.05) is 0 Å². The molecule has 1 unspecified atom stereocenters. The first kappa shape index (κ1) is 21.1. The van der Waals surface area contributed by atoms with Gasteiger partial charge in [0.2, 0.25) is 10.0 Å². The summed E-state index contributed by atoms with van der Waals surface area (Å²) in [6.45, 7) is 1.55. The topological polar surface area (TPSA) is 109 Å². The van der Waals surface area contributed by atoms with Crippen molar-refractivity contribution in [3.05, 3.63) is 84.3 Å². The summed E-state index contributed by atoms with van der Waals surface area (Å²) in [5.74, 6) is 0.349. The smallest absolute Gasteiger partial charge is 0.261 e. The lowest BCUT2D eigenvalue weighted by molar-refractivity contribution is 0.320. The van der Waals surface area contributed by atoms with E-state index >= 15 is 0 Å². The summed E-state index contributed by atoms with van der Waals surface area (Å²) < 4.78 is 60.0. The van der Waals surface area contributed by atoms with Gasteiger partial charge in [0.1, 0.15) is 11.8 Å². The van der Waals surface area contributed by atoms with E-state index in [9.17, 15) is 16.8 Å². The number of sulfonamides is 2. The molecule has 1 atom stereocenters. The Morgan fingerprint density at radius 1 is 1.00 bits per heavy atom. The third-order valence-electron chi connectivity index (χ3n) is 4.93. The molecule has 0 fully saturated rings. The van der Waals surface area contributed by atoms with Gasteiger partial charge in [0.15, 0.2) is 0 Å². The molecule has 0 amide bonds. The largest absolute Gasteiger partial charge is 0.467 e. The molecule has 0 radical (unpaired) electrons. The number of para-hydroxylation sites is 1. The molecule has 0 saturated heterocycles. The van der Waals surface area contributed by atoms with Crippen LogP contribution < -0.4 is 4.72 Å². The number of anilines is 1. The SMILES string of the molecule is CCS(=O)(=O)N1N=C(c2ccccc2NS(=O)(=O)c2ccccc2)CC1c1ccco1. The Balaban J connectivity index is 1.73.